The van der Waals surface area contributed by atoms with Gasteiger partial charge in [0, 0.05) is 20.3 Å². The van der Waals surface area contributed by atoms with Crippen LogP contribution in [0.3, 0.4) is 0 Å². The predicted octanol–water partition coefficient (Wildman–Crippen LogP) is 0.583. The number of hydrogen-bond acceptors (Lipinski definition) is 5. The van der Waals surface area contributed by atoms with E-state index in [9.17, 15) is 0 Å². The first-order chi connectivity index (χ1) is 8.90. The van der Waals surface area contributed by atoms with E-state index in [1.807, 2.05) is 4.68 Å². The second-order valence-electron chi connectivity index (χ2n) is 4.52. The number of rotatable bonds is 7. The van der Waals surface area contributed by atoms with Crippen LogP contribution in [-0.4, -0.2) is 47.7 Å². The number of ether oxygens (including phenoxy) is 2. The number of nitrogens with zero attached hydrogens (tertiary/aromatic N) is 3. The molecule has 0 bridgehead atoms. The highest BCUT2D eigenvalue weighted by atomic mass is 16.5. The topological polar surface area (TPSA) is 61.2 Å². The average molecular weight is 254 g/mol. The van der Waals surface area contributed by atoms with E-state index in [2.05, 4.69) is 15.4 Å². The molecule has 0 aliphatic carbocycles. The molecule has 1 aliphatic rings. The molecule has 1 saturated heterocycles. The first-order valence-electron chi connectivity index (χ1n) is 6.58. The first-order valence-corrected chi connectivity index (χ1v) is 6.58. The molecule has 0 radical (unpaired) electrons. The van der Waals surface area contributed by atoms with Crippen LogP contribution in [-0.2, 0) is 22.6 Å². The van der Waals surface area contributed by atoms with E-state index in [1.54, 1.807) is 13.4 Å². The molecule has 0 aromatic carbocycles. The molecule has 6 heteroatoms. The maximum absolute atomic E-state index is 5.72. The molecular formula is C12H22N4O2. The number of aromatic nitrogens is 3. The highest BCUT2D eigenvalue weighted by molar-refractivity contribution is 4.85. The van der Waals surface area contributed by atoms with Crippen molar-refractivity contribution in [2.24, 2.45) is 0 Å². The molecule has 6 nitrogen and oxygen atoms in total. The summed E-state index contributed by atoms with van der Waals surface area (Å²) in [6.45, 7) is 3.93. The van der Waals surface area contributed by atoms with Gasteiger partial charge in [-0.3, -0.25) is 0 Å². The standard InChI is InChI=1S/C12H22N4O2/c1-17-7-5-13-8-12-14-10-15-16(12)9-11-4-2-3-6-18-11/h10-11,13H,2-9H2,1H3. The predicted molar refractivity (Wildman–Crippen MR) is 67.2 cm³/mol. The molecule has 1 aliphatic heterocycles. The largest absolute Gasteiger partial charge is 0.383 e. The van der Waals surface area contributed by atoms with Gasteiger partial charge in [0.25, 0.3) is 0 Å². The lowest BCUT2D eigenvalue weighted by molar-refractivity contribution is 0.00337. The molecule has 2 heterocycles. The minimum atomic E-state index is 0.290. The minimum absolute atomic E-state index is 0.290. The fourth-order valence-electron chi connectivity index (χ4n) is 2.10. The Balaban J connectivity index is 1.79. The Bertz CT molecular complexity index is 337. The highest BCUT2D eigenvalue weighted by Crippen LogP contribution is 2.14. The van der Waals surface area contributed by atoms with Crippen molar-refractivity contribution in [3.8, 4) is 0 Å². The highest BCUT2D eigenvalue weighted by Gasteiger charge is 2.16. The summed E-state index contributed by atoms with van der Waals surface area (Å²) in [5, 5.41) is 7.54. The summed E-state index contributed by atoms with van der Waals surface area (Å²) in [6.07, 6.45) is 5.45. The van der Waals surface area contributed by atoms with Gasteiger partial charge < -0.3 is 14.8 Å². The van der Waals surface area contributed by atoms with Crippen molar-refractivity contribution in [2.45, 2.75) is 38.5 Å². The molecule has 18 heavy (non-hydrogen) atoms. The summed E-state index contributed by atoms with van der Waals surface area (Å²) in [6, 6.07) is 0. The Hall–Kier alpha value is -0.980. The fourth-order valence-corrected chi connectivity index (χ4v) is 2.10. The lowest BCUT2D eigenvalue weighted by atomic mass is 10.1. The van der Waals surface area contributed by atoms with E-state index >= 15 is 0 Å². The van der Waals surface area contributed by atoms with Gasteiger partial charge in [-0.25, -0.2) is 9.67 Å². The van der Waals surface area contributed by atoms with Gasteiger partial charge in [-0.1, -0.05) is 0 Å². The molecule has 0 spiro atoms. The summed E-state index contributed by atoms with van der Waals surface area (Å²) in [5.41, 5.74) is 0. The third-order valence-corrected chi connectivity index (χ3v) is 3.11. The van der Waals surface area contributed by atoms with Crippen molar-refractivity contribution < 1.29 is 9.47 Å². The van der Waals surface area contributed by atoms with E-state index in [0.717, 1.165) is 38.5 Å². The van der Waals surface area contributed by atoms with Crippen molar-refractivity contribution in [1.82, 2.24) is 20.1 Å². The lowest BCUT2D eigenvalue weighted by Gasteiger charge is -2.22. The minimum Gasteiger partial charge on any atom is -0.383 e. The SMILES string of the molecule is COCCNCc1ncnn1CC1CCCCO1. The van der Waals surface area contributed by atoms with E-state index < -0.39 is 0 Å². The van der Waals surface area contributed by atoms with Crippen LogP contribution in [0, 0.1) is 0 Å². The first kappa shape index (κ1) is 13.5. The zero-order chi connectivity index (χ0) is 12.6. The zero-order valence-electron chi connectivity index (χ0n) is 11.0. The van der Waals surface area contributed by atoms with Crippen LogP contribution in [0.5, 0.6) is 0 Å². The van der Waals surface area contributed by atoms with Crippen molar-refractivity contribution in [2.75, 3.05) is 26.9 Å². The molecule has 2 rings (SSSR count). The second-order valence-corrected chi connectivity index (χ2v) is 4.52. The van der Waals surface area contributed by atoms with Crippen LogP contribution in [0.25, 0.3) is 0 Å². The van der Waals surface area contributed by atoms with Crippen molar-refractivity contribution in [3.05, 3.63) is 12.2 Å². The van der Waals surface area contributed by atoms with Crippen LogP contribution in [0.15, 0.2) is 6.33 Å². The van der Waals surface area contributed by atoms with Gasteiger partial charge in [0.2, 0.25) is 0 Å². The average Bonchev–Trinajstić information content (AvgIpc) is 2.83. The lowest BCUT2D eigenvalue weighted by Crippen LogP contribution is -2.27. The van der Waals surface area contributed by atoms with Crippen molar-refractivity contribution in [3.63, 3.8) is 0 Å². The van der Waals surface area contributed by atoms with Crippen LogP contribution in [0.4, 0.5) is 0 Å². The van der Waals surface area contributed by atoms with Crippen LogP contribution < -0.4 is 5.32 Å². The van der Waals surface area contributed by atoms with Gasteiger partial charge in [0.1, 0.15) is 12.2 Å². The Morgan fingerprint density at radius 1 is 1.56 bits per heavy atom. The van der Waals surface area contributed by atoms with Crippen LogP contribution >= 0.6 is 0 Å². The van der Waals surface area contributed by atoms with Gasteiger partial charge in [-0.15, -0.1) is 0 Å². The Kier molecular flexibility index (Phi) is 5.57. The van der Waals surface area contributed by atoms with Crippen LogP contribution in [0.1, 0.15) is 25.1 Å². The molecule has 1 fully saturated rings. The van der Waals surface area contributed by atoms with Gasteiger partial charge in [0.05, 0.1) is 25.8 Å². The van der Waals surface area contributed by atoms with Gasteiger partial charge in [-0.2, -0.15) is 5.10 Å². The zero-order valence-corrected chi connectivity index (χ0v) is 11.0. The molecule has 102 valence electrons. The molecule has 1 unspecified atom stereocenters. The normalized spacial score (nSPS) is 20.2. The number of nitrogens with one attached hydrogen (secondary N) is 1. The number of hydrogen-bond donors (Lipinski definition) is 1. The van der Waals surface area contributed by atoms with Gasteiger partial charge in [-0.05, 0) is 19.3 Å². The summed E-state index contributed by atoms with van der Waals surface area (Å²) < 4.78 is 12.6. The fraction of sp³-hybridized carbons (Fsp3) is 0.833. The van der Waals surface area contributed by atoms with E-state index in [-0.39, 0.29) is 6.10 Å². The van der Waals surface area contributed by atoms with Gasteiger partial charge >= 0.3 is 0 Å². The molecule has 0 saturated carbocycles. The van der Waals surface area contributed by atoms with E-state index in [0.29, 0.717) is 6.61 Å². The molecule has 1 N–H and O–H groups in total. The van der Waals surface area contributed by atoms with E-state index in [4.69, 9.17) is 9.47 Å². The number of methoxy groups -OCH3 is 1. The molecule has 1 aromatic rings. The Labute approximate surface area is 108 Å². The third-order valence-electron chi connectivity index (χ3n) is 3.11. The van der Waals surface area contributed by atoms with Gasteiger partial charge in [0.15, 0.2) is 0 Å². The molecule has 1 atom stereocenters. The molecular weight excluding hydrogens is 232 g/mol. The summed E-state index contributed by atoms with van der Waals surface area (Å²) >= 11 is 0. The quantitative estimate of drug-likeness (QED) is 0.721. The van der Waals surface area contributed by atoms with Crippen molar-refractivity contribution >= 4 is 0 Å². The van der Waals surface area contributed by atoms with Crippen LogP contribution in [0.2, 0.25) is 0 Å². The Morgan fingerprint density at radius 3 is 3.28 bits per heavy atom. The molecule has 1 aromatic heterocycles. The smallest absolute Gasteiger partial charge is 0.140 e. The van der Waals surface area contributed by atoms with Crippen molar-refractivity contribution in [1.29, 1.82) is 0 Å². The van der Waals surface area contributed by atoms with E-state index in [1.165, 1.54) is 12.8 Å². The monoisotopic (exact) mass is 254 g/mol. The third kappa shape index (κ3) is 4.04. The summed E-state index contributed by atoms with van der Waals surface area (Å²) in [7, 11) is 1.70. The summed E-state index contributed by atoms with van der Waals surface area (Å²) in [4.78, 5) is 4.27. The second kappa shape index (κ2) is 7.45. The maximum Gasteiger partial charge on any atom is 0.140 e. The maximum atomic E-state index is 5.72. The molecule has 0 amide bonds. The Morgan fingerprint density at radius 2 is 2.50 bits per heavy atom. The summed E-state index contributed by atoms with van der Waals surface area (Å²) in [5.74, 6) is 0.959.